The third kappa shape index (κ3) is 3.57. The lowest BCUT2D eigenvalue weighted by molar-refractivity contribution is 0.135. The predicted molar refractivity (Wildman–Crippen MR) is 66.1 cm³/mol. The number of nitrogens with zero attached hydrogens (tertiary/aromatic N) is 2. The van der Waals surface area contributed by atoms with Gasteiger partial charge in [0.2, 0.25) is 0 Å². The van der Waals surface area contributed by atoms with Crippen molar-refractivity contribution in [3.63, 3.8) is 0 Å². The molecule has 0 radical (unpaired) electrons. The Morgan fingerprint density at radius 1 is 1.35 bits per heavy atom. The molecule has 17 heavy (non-hydrogen) atoms. The van der Waals surface area contributed by atoms with Gasteiger partial charge < -0.3 is 15.0 Å². The average molecular weight is 241 g/mol. The summed E-state index contributed by atoms with van der Waals surface area (Å²) in [6.07, 6.45) is 2.13. The van der Waals surface area contributed by atoms with E-state index in [4.69, 9.17) is 4.74 Å². The van der Waals surface area contributed by atoms with Crippen molar-refractivity contribution in [1.29, 1.82) is 0 Å². The summed E-state index contributed by atoms with van der Waals surface area (Å²) < 4.78 is 5.25. The molecule has 0 saturated carbocycles. The van der Waals surface area contributed by atoms with Crippen molar-refractivity contribution in [3.05, 3.63) is 0 Å². The summed E-state index contributed by atoms with van der Waals surface area (Å²) in [7, 11) is 0. The Morgan fingerprint density at radius 2 is 2.12 bits per heavy atom. The predicted octanol–water partition coefficient (Wildman–Crippen LogP) is 0.513. The van der Waals surface area contributed by atoms with Gasteiger partial charge in [0, 0.05) is 32.8 Å². The van der Waals surface area contributed by atoms with Crippen molar-refractivity contribution >= 4 is 6.03 Å². The molecule has 0 spiro atoms. The molecule has 0 aromatic carbocycles. The van der Waals surface area contributed by atoms with Gasteiger partial charge in [-0.1, -0.05) is 6.92 Å². The second kappa shape index (κ2) is 6.21. The zero-order valence-corrected chi connectivity index (χ0v) is 10.7. The highest BCUT2D eigenvalue weighted by molar-refractivity contribution is 5.74. The molecule has 2 heterocycles. The van der Waals surface area contributed by atoms with Crippen LogP contribution in [-0.2, 0) is 4.74 Å². The van der Waals surface area contributed by atoms with Crippen molar-refractivity contribution in [2.75, 3.05) is 45.9 Å². The van der Waals surface area contributed by atoms with E-state index in [9.17, 15) is 4.79 Å². The molecular weight excluding hydrogens is 218 g/mol. The number of ether oxygens (including phenoxy) is 1. The number of piperazine rings is 1. The first-order valence-corrected chi connectivity index (χ1v) is 6.65. The van der Waals surface area contributed by atoms with Crippen LogP contribution in [0.15, 0.2) is 0 Å². The van der Waals surface area contributed by atoms with Gasteiger partial charge in [-0.3, -0.25) is 4.90 Å². The minimum absolute atomic E-state index is 0.0802. The van der Waals surface area contributed by atoms with E-state index < -0.39 is 0 Å². The van der Waals surface area contributed by atoms with Gasteiger partial charge in [-0.05, 0) is 19.4 Å². The van der Waals surface area contributed by atoms with E-state index in [1.807, 2.05) is 4.90 Å². The van der Waals surface area contributed by atoms with Gasteiger partial charge in [0.15, 0.2) is 0 Å². The molecule has 1 N–H and O–H groups in total. The highest BCUT2D eigenvalue weighted by Gasteiger charge is 2.24. The summed E-state index contributed by atoms with van der Waals surface area (Å²) in [6.45, 7) is 8.48. The molecular formula is C12H23N3O2. The molecule has 0 aromatic heterocycles. The Labute approximate surface area is 103 Å². The Bertz CT molecular complexity index is 246. The number of hydrogen-bond donors (Lipinski definition) is 1. The largest absolute Gasteiger partial charge is 0.379 e. The van der Waals surface area contributed by atoms with E-state index in [2.05, 4.69) is 17.1 Å². The molecule has 2 aliphatic heterocycles. The monoisotopic (exact) mass is 241 g/mol. The maximum Gasteiger partial charge on any atom is 0.317 e. The molecule has 98 valence electrons. The zero-order chi connectivity index (χ0) is 12.1. The number of rotatable bonds is 3. The molecule has 2 aliphatic rings. The van der Waals surface area contributed by atoms with Crippen LogP contribution in [0.25, 0.3) is 0 Å². The van der Waals surface area contributed by atoms with E-state index in [0.29, 0.717) is 6.61 Å². The third-order valence-electron chi connectivity index (χ3n) is 3.46. The molecule has 5 nitrogen and oxygen atoms in total. The minimum Gasteiger partial charge on any atom is -0.379 e. The fourth-order valence-corrected chi connectivity index (χ4v) is 2.41. The lowest BCUT2D eigenvalue weighted by Gasteiger charge is -2.35. The fourth-order valence-electron chi connectivity index (χ4n) is 2.41. The third-order valence-corrected chi connectivity index (χ3v) is 3.46. The van der Waals surface area contributed by atoms with Crippen molar-refractivity contribution < 1.29 is 9.53 Å². The Kier molecular flexibility index (Phi) is 4.62. The molecule has 0 aliphatic carbocycles. The maximum atomic E-state index is 12.0. The second-order valence-electron chi connectivity index (χ2n) is 4.84. The molecule has 1 unspecified atom stereocenters. The smallest absolute Gasteiger partial charge is 0.317 e. The first-order chi connectivity index (χ1) is 8.29. The van der Waals surface area contributed by atoms with Crippen LogP contribution in [0.1, 0.15) is 19.8 Å². The second-order valence-corrected chi connectivity index (χ2v) is 4.84. The zero-order valence-electron chi connectivity index (χ0n) is 10.7. The topological polar surface area (TPSA) is 44.8 Å². The summed E-state index contributed by atoms with van der Waals surface area (Å²) in [5.41, 5.74) is 0. The van der Waals surface area contributed by atoms with Gasteiger partial charge in [0.25, 0.3) is 0 Å². The Balaban J connectivity index is 1.70. The summed E-state index contributed by atoms with van der Waals surface area (Å²) in [4.78, 5) is 16.3. The van der Waals surface area contributed by atoms with Crippen LogP contribution in [0.4, 0.5) is 4.79 Å². The molecule has 5 heteroatoms. The van der Waals surface area contributed by atoms with Crippen molar-refractivity contribution in [2.45, 2.75) is 25.8 Å². The Hall–Kier alpha value is -0.810. The standard InChI is InChI=1S/C12H23N3O2/c1-2-4-14-5-7-15(8-6-14)12(16)13-11-3-9-17-10-11/h11H,2-10H2,1H3,(H,13,16). The highest BCUT2D eigenvalue weighted by atomic mass is 16.5. The highest BCUT2D eigenvalue weighted by Crippen LogP contribution is 2.06. The number of carbonyl (C=O) groups is 1. The molecule has 0 bridgehead atoms. The fraction of sp³-hybridized carbons (Fsp3) is 0.917. The van der Waals surface area contributed by atoms with Crippen LogP contribution in [0.2, 0.25) is 0 Å². The molecule has 2 rings (SSSR count). The van der Waals surface area contributed by atoms with Crippen LogP contribution in [-0.4, -0.2) is 67.8 Å². The average Bonchev–Trinajstić information content (AvgIpc) is 2.83. The van der Waals surface area contributed by atoms with Crippen LogP contribution in [0.3, 0.4) is 0 Å². The summed E-state index contributed by atoms with van der Waals surface area (Å²) in [6, 6.07) is 0.299. The summed E-state index contributed by atoms with van der Waals surface area (Å²) >= 11 is 0. The van der Waals surface area contributed by atoms with Gasteiger partial charge in [-0.15, -0.1) is 0 Å². The van der Waals surface area contributed by atoms with Crippen LogP contribution < -0.4 is 5.32 Å². The quantitative estimate of drug-likeness (QED) is 0.783. The van der Waals surface area contributed by atoms with Crippen LogP contribution >= 0.6 is 0 Å². The number of amides is 2. The maximum absolute atomic E-state index is 12.0. The van der Waals surface area contributed by atoms with Gasteiger partial charge in [-0.25, -0.2) is 4.79 Å². The normalized spacial score (nSPS) is 26.2. The lowest BCUT2D eigenvalue weighted by atomic mass is 10.2. The van der Waals surface area contributed by atoms with Crippen molar-refractivity contribution in [2.24, 2.45) is 0 Å². The van der Waals surface area contributed by atoms with E-state index in [1.54, 1.807) is 0 Å². The molecule has 1 atom stereocenters. The van der Waals surface area contributed by atoms with E-state index in [-0.39, 0.29) is 12.1 Å². The number of hydrogen-bond acceptors (Lipinski definition) is 3. The first-order valence-electron chi connectivity index (χ1n) is 6.65. The Morgan fingerprint density at radius 3 is 2.71 bits per heavy atom. The van der Waals surface area contributed by atoms with Crippen LogP contribution in [0, 0.1) is 0 Å². The SMILES string of the molecule is CCCN1CCN(C(=O)NC2CCOC2)CC1. The number of urea groups is 1. The van der Waals surface area contributed by atoms with Crippen LogP contribution in [0.5, 0.6) is 0 Å². The van der Waals surface area contributed by atoms with Gasteiger partial charge >= 0.3 is 6.03 Å². The van der Waals surface area contributed by atoms with E-state index >= 15 is 0 Å². The number of carbonyl (C=O) groups excluding carboxylic acids is 1. The summed E-state index contributed by atoms with van der Waals surface area (Å²) in [5.74, 6) is 0. The van der Waals surface area contributed by atoms with Crippen molar-refractivity contribution in [3.8, 4) is 0 Å². The summed E-state index contributed by atoms with van der Waals surface area (Å²) in [5, 5.41) is 3.04. The first kappa shape index (κ1) is 12.6. The number of nitrogens with one attached hydrogen (secondary N) is 1. The van der Waals surface area contributed by atoms with Gasteiger partial charge in [0.1, 0.15) is 0 Å². The lowest BCUT2D eigenvalue weighted by Crippen LogP contribution is -2.53. The molecule has 0 aromatic rings. The van der Waals surface area contributed by atoms with Crippen molar-refractivity contribution in [1.82, 2.24) is 15.1 Å². The van der Waals surface area contributed by atoms with Gasteiger partial charge in [-0.2, -0.15) is 0 Å². The minimum atomic E-state index is 0.0802. The molecule has 2 fully saturated rings. The molecule has 2 saturated heterocycles. The molecule has 2 amide bonds. The van der Waals surface area contributed by atoms with E-state index in [0.717, 1.165) is 45.8 Å². The van der Waals surface area contributed by atoms with E-state index in [1.165, 1.54) is 6.42 Å². The van der Waals surface area contributed by atoms with Gasteiger partial charge in [0.05, 0.1) is 12.6 Å².